The molecule has 1 aliphatic heterocycles. The largest absolute Gasteiger partial charge is 0.493 e. The van der Waals surface area contributed by atoms with Crippen LogP contribution in [0.5, 0.6) is 11.5 Å². The van der Waals surface area contributed by atoms with Crippen molar-refractivity contribution < 1.29 is 22.6 Å². The molecule has 36 heavy (non-hydrogen) atoms. The average Bonchev–Trinajstić information content (AvgIpc) is 3.33. The van der Waals surface area contributed by atoms with Crippen LogP contribution < -0.4 is 14.8 Å². The summed E-state index contributed by atoms with van der Waals surface area (Å²) in [5.74, 6) is 0.520. The van der Waals surface area contributed by atoms with E-state index in [1.807, 2.05) is 36.4 Å². The number of rotatable bonds is 5. The zero-order valence-electron chi connectivity index (χ0n) is 19.0. The van der Waals surface area contributed by atoms with E-state index in [1.165, 1.54) is 6.07 Å². The molecule has 3 nitrogen and oxygen atoms in total. The Hall–Kier alpha value is -2.35. The summed E-state index contributed by atoms with van der Waals surface area (Å²) in [7, 11) is 1.55. The van der Waals surface area contributed by atoms with Crippen LogP contribution in [0.15, 0.2) is 65.2 Å². The van der Waals surface area contributed by atoms with Gasteiger partial charge in [0, 0.05) is 10.9 Å². The molecule has 5 rings (SSSR count). The lowest BCUT2D eigenvalue weighted by Gasteiger charge is -2.39. The van der Waals surface area contributed by atoms with E-state index in [0.29, 0.717) is 39.7 Å². The number of allylic oxidation sites excluding steroid dienone is 2. The van der Waals surface area contributed by atoms with Gasteiger partial charge in [0.2, 0.25) is 0 Å². The van der Waals surface area contributed by atoms with Gasteiger partial charge in [-0.15, -0.1) is 0 Å². The van der Waals surface area contributed by atoms with E-state index in [1.54, 1.807) is 19.2 Å². The molecule has 0 aromatic heterocycles. The first-order valence-corrected chi connectivity index (χ1v) is 12.8. The van der Waals surface area contributed by atoms with Crippen molar-refractivity contribution >= 4 is 44.8 Å². The Morgan fingerprint density at radius 2 is 1.83 bits per heavy atom. The van der Waals surface area contributed by atoms with Crippen LogP contribution in [0.25, 0.3) is 0 Å². The molecule has 1 aliphatic carbocycles. The highest BCUT2D eigenvalue weighted by Gasteiger charge is 2.45. The highest BCUT2D eigenvalue weighted by Crippen LogP contribution is 2.55. The van der Waals surface area contributed by atoms with Gasteiger partial charge in [-0.05, 0) is 81.4 Å². The molecule has 0 saturated heterocycles. The summed E-state index contributed by atoms with van der Waals surface area (Å²) in [6, 6.07) is 13.2. The zero-order valence-corrected chi connectivity index (χ0v) is 22.1. The molecule has 9 heteroatoms. The van der Waals surface area contributed by atoms with E-state index in [9.17, 15) is 13.2 Å². The van der Waals surface area contributed by atoms with Crippen LogP contribution in [-0.4, -0.2) is 7.11 Å². The van der Waals surface area contributed by atoms with Crippen molar-refractivity contribution in [2.75, 3.05) is 12.4 Å². The standard InChI is InChI=1S/C27H21BrCl2F3NO2/c1-35-22-12-15(11-20(28)26(22)36-13-14-5-7-16(29)8-6-14)24-18-4-2-3-17(18)23-19(27(31,32)33)9-10-21(30)25(23)34-24/h2-3,5-12,17-18,24,34H,4,13H2,1H3/t17-,18-,24-/m0/s1. The van der Waals surface area contributed by atoms with E-state index in [4.69, 9.17) is 32.7 Å². The SMILES string of the molecule is COc1cc([C@@H]2Nc3c(Cl)ccc(C(F)(F)F)c3[C@H]3C=CC[C@@H]32)cc(Br)c1OCc1ccc(Cl)cc1. The third kappa shape index (κ3) is 4.69. The lowest BCUT2D eigenvalue weighted by Crippen LogP contribution is -2.31. The van der Waals surface area contributed by atoms with Gasteiger partial charge in [-0.2, -0.15) is 13.2 Å². The van der Waals surface area contributed by atoms with Crippen LogP contribution in [0.1, 0.15) is 40.6 Å². The van der Waals surface area contributed by atoms with E-state index in [-0.39, 0.29) is 22.5 Å². The fourth-order valence-corrected chi connectivity index (χ4v) is 5.97. The molecule has 0 amide bonds. The number of fused-ring (bicyclic) bond motifs is 3. The van der Waals surface area contributed by atoms with Gasteiger partial charge in [-0.1, -0.05) is 47.5 Å². The van der Waals surface area contributed by atoms with Gasteiger partial charge in [-0.3, -0.25) is 0 Å². The monoisotopic (exact) mass is 597 g/mol. The second-order valence-corrected chi connectivity index (χ2v) is 10.5. The third-order valence-corrected chi connectivity index (χ3v) is 7.84. The first kappa shape index (κ1) is 25.3. The van der Waals surface area contributed by atoms with Gasteiger partial charge >= 0.3 is 6.18 Å². The maximum absolute atomic E-state index is 13.9. The third-order valence-electron chi connectivity index (χ3n) is 6.68. The molecule has 2 aliphatic rings. The smallest absolute Gasteiger partial charge is 0.416 e. The molecule has 1 N–H and O–H groups in total. The zero-order chi connectivity index (χ0) is 25.6. The number of alkyl halides is 3. The maximum atomic E-state index is 13.9. The Morgan fingerprint density at radius 3 is 2.53 bits per heavy atom. The number of halogens is 6. The maximum Gasteiger partial charge on any atom is 0.416 e. The quantitative estimate of drug-likeness (QED) is 0.297. The Balaban J connectivity index is 1.50. The number of methoxy groups -OCH3 is 1. The normalized spacial score (nSPS) is 20.5. The van der Waals surface area contributed by atoms with Crippen molar-refractivity contribution in [3.8, 4) is 11.5 Å². The number of hydrogen-bond acceptors (Lipinski definition) is 3. The second kappa shape index (κ2) is 9.84. The molecule has 0 fully saturated rings. The number of benzene rings is 3. The Kier molecular flexibility index (Phi) is 6.92. The second-order valence-electron chi connectivity index (χ2n) is 8.81. The van der Waals surface area contributed by atoms with Crippen molar-refractivity contribution in [2.45, 2.75) is 31.2 Å². The van der Waals surface area contributed by atoms with E-state index in [0.717, 1.165) is 17.2 Å². The summed E-state index contributed by atoms with van der Waals surface area (Å²) in [5, 5.41) is 4.23. The fourth-order valence-electron chi connectivity index (χ4n) is 5.05. The molecule has 0 radical (unpaired) electrons. The van der Waals surface area contributed by atoms with E-state index in [2.05, 4.69) is 21.2 Å². The molecule has 188 valence electrons. The average molecular weight is 599 g/mol. The van der Waals surface area contributed by atoms with Crippen LogP contribution in [-0.2, 0) is 12.8 Å². The summed E-state index contributed by atoms with van der Waals surface area (Å²) in [6.07, 6.45) is -0.0331. The minimum atomic E-state index is -4.47. The summed E-state index contributed by atoms with van der Waals surface area (Å²) in [6.45, 7) is 0.310. The first-order chi connectivity index (χ1) is 17.2. The highest BCUT2D eigenvalue weighted by atomic mass is 79.9. The van der Waals surface area contributed by atoms with Crippen LogP contribution in [0.3, 0.4) is 0 Å². The minimum Gasteiger partial charge on any atom is -0.493 e. The fraction of sp³-hybridized carbons (Fsp3) is 0.259. The van der Waals surface area contributed by atoms with Gasteiger partial charge < -0.3 is 14.8 Å². The predicted octanol–water partition coefficient (Wildman–Crippen LogP) is 9.19. The minimum absolute atomic E-state index is 0.116. The molecule has 0 spiro atoms. The molecular weight excluding hydrogens is 578 g/mol. The van der Waals surface area contributed by atoms with Crippen molar-refractivity contribution in [3.63, 3.8) is 0 Å². The van der Waals surface area contributed by atoms with Gasteiger partial charge in [0.25, 0.3) is 0 Å². The van der Waals surface area contributed by atoms with Crippen molar-refractivity contribution in [3.05, 3.63) is 97.5 Å². The molecule has 1 heterocycles. The number of hydrogen-bond donors (Lipinski definition) is 1. The Bertz CT molecular complexity index is 1330. The highest BCUT2D eigenvalue weighted by molar-refractivity contribution is 9.10. The lowest BCUT2D eigenvalue weighted by atomic mass is 9.75. The van der Waals surface area contributed by atoms with Crippen molar-refractivity contribution in [2.24, 2.45) is 5.92 Å². The molecule has 3 atom stereocenters. The van der Waals surface area contributed by atoms with Gasteiger partial charge in [0.15, 0.2) is 11.5 Å². The summed E-state index contributed by atoms with van der Waals surface area (Å²) in [5.41, 5.74) is 1.67. The molecule has 0 saturated carbocycles. The Morgan fingerprint density at radius 1 is 1.08 bits per heavy atom. The van der Waals surface area contributed by atoms with Crippen LogP contribution in [0.2, 0.25) is 10.0 Å². The molecule has 3 aromatic carbocycles. The van der Waals surface area contributed by atoms with Crippen molar-refractivity contribution in [1.82, 2.24) is 0 Å². The molecule has 0 unspecified atom stereocenters. The van der Waals surface area contributed by atoms with Crippen LogP contribution in [0, 0.1) is 5.92 Å². The van der Waals surface area contributed by atoms with Gasteiger partial charge in [0.05, 0.1) is 33.9 Å². The molecule has 3 aromatic rings. The van der Waals surface area contributed by atoms with E-state index < -0.39 is 17.7 Å². The number of anilines is 1. The predicted molar refractivity (Wildman–Crippen MR) is 139 cm³/mol. The lowest BCUT2D eigenvalue weighted by molar-refractivity contribution is -0.138. The molecular formula is C27H21BrCl2F3NO2. The summed E-state index contributed by atoms with van der Waals surface area (Å²) >= 11 is 16.0. The number of nitrogens with one attached hydrogen (secondary N) is 1. The summed E-state index contributed by atoms with van der Waals surface area (Å²) < 4.78 is 53.9. The van der Waals surface area contributed by atoms with Crippen molar-refractivity contribution in [1.29, 1.82) is 0 Å². The first-order valence-electron chi connectivity index (χ1n) is 11.2. The van der Waals surface area contributed by atoms with Crippen LogP contribution >= 0.6 is 39.1 Å². The van der Waals surface area contributed by atoms with Crippen LogP contribution in [0.4, 0.5) is 18.9 Å². The number of ether oxygens (including phenoxy) is 2. The van der Waals surface area contributed by atoms with E-state index >= 15 is 0 Å². The topological polar surface area (TPSA) is 30.5 Å². The van der Waals surface area contributed by atoms with Gasteiger partial charge in [0.1, 0.15) is 6.61 Å². The van der Waals surface area contributed by atoms with Gasteiger partial charge in [-0.25, -0.2) is 0 Å². The Labute approximate surface area is 225 Å². The molecule has 0 bridgehead atoms. The summed E-state index contributed by atoms with van der Waals surface area (Å²) in [4.78, 5) is 0.